The van der Waals surface area contributed by atoms with Crippen LogP contribution >= 0.6 is 0 Å². The van der Waals surface area contributed by atoms with Crippen molar-refractivity contribution in [2.45, 2.75) is 18.8 Å². The zero-order chi connectivity index (χ0) is 19.7. The summed E-state index contributed by atoms with van der Waals surface area (Å²) in [5.74, 6) is -1.35. The number of carboxylic acids is 1. The van der Waals surface area contributed by atoms with E-state index < -0.39 is 17.4 Å². The van der Waals surface area contributed by atoms with Gasteiger partial charge in [-0.3, -0.25) is 9.59 Å². The second kappa shape index (κ2) is 7.26. The third-order valence-corrected chi connectivity index (χ3v) is 5.12. The van der Waals surface area contributed by atoms with Gasteiger partial charge in [-0.15, -0.1) is 0 Å². The summed E-state index contributed by atoms with van der Waals surface area (Å²) in [4.78, 5) is 45.2. The molecule has 1 aromatic heterocycles. The number of rotatable bonds is 3. The first kappa shape index (κ1) is 17.9. The molecule has 1 aliphatic rings. The van der Waals surface area contributed by atoms with Gasteiger partial charge in [-0.25, -0.2) is 9.78 Å². The smallest absolute Gasteiger partial charge is 0.335 e. The second-order valence-corrected chi connectivity index (χ2v) is 6.95. The molecule has 7 heteroatoms. The molecule has 3 aromatic rings. The van der Waals surface area contributed by atoms with E-state index in [-0.39, 0.29) is 17.2 Å². The number of likely N-dealkylation sites (tertiary alicyclic amines) is 1. The number of amides is 1. The lowest BCUT2D eigenvalue weighted by molar-refractivity contribution is 0.0685. The lowest BCUT2D eigenvalue weighted by Crippen LogP contribution is -2.41. The number of carboxylic acid groups (broad SMARTS) is 1. The first-order valence-corrected chi connectivity index (χ1v) is 9.14. The molecule has 28 heavy (non-hydrogen) atoms. The lowest BCUT2D eigenvalue weighted by Gasteiger charge is -2.32. The number of hydrogen-bond acceptors (Lipinski definition) is 4. The van der Waals surface area contributed by atoms with Gasteiger partial charge in [0, 0.05) is 19.0 Å². The number of hydrogen-bond donors (Lipinski definition) is 2. The summed E-state index contributed by atoms with van der Waals surface area (Å²) in [6, 6.07) is 13.9. The fourth-order valence-electron chi connectivity index (χ4n) is 3.68. The largest absolute Gasteiger partial charge is 0.478 e. The minimum Gasteiger partial charge on any atom is -0.478 e. The van der Waals surface area contributed by atoms with Crippen LogP contribution in [-0.2, 0) is 0 Å². The SMILES string of the molecule is O=C(O)c1cccc([C@@H]2CCCN(C(=O)c3nc4ccccc4[nH]c3=O)C2)c1. The Morgan fingerprint density at radius 2 is 1.96 bits per heavy atom. The van der Waals surface area contributed by atoms with Crippen molar-refractivity contribution >= 4 is 22.9 Å². The molecular weight excluding hydrogens is 358 g/mol. The Hall–Kier alpha value is -3.48. The Kier molecular flexibility index (Phi) is 4.65. The number of aromatic amines is 1. The number of carbonyl (C=O) groups excluding carboxylic acids is 1. The van der Waals surface area contributed by atoms with Gasteiger partial charge in [0.15, 0.2) is 5.69 Å². The summed E-state index contributed by atoms with van der Waals surface area (Å²) in [5, 5.41) is 9.20. The molecule has 0 spiro atoms. The van der Waals surface area contributed by atoms with E-state index in [0.29, 0.717) is 24.1 Å². The average Bonchev–Trinajstić information content (AvgIpc) is 2.73. The van der Waals surface area contributed by atoms with Crippen molar-refractivity contribution in [2.75, 3.05) is 13.1 Å². The number of nitrogens with zero attached hydrogens (tertiary/aromatic N) is 2. The summed E-state index contributed by atoms with van der Waals surface area (Å²) in [6.45, 7) is 0.970. The molecule has 0 bridgehead atoms. The number of aromatic nitrogens is 2. The molecule has 2 aromatic carbocycles. The van der Waals surface area contributed by atoms with Gasteiger partial charge < -0.3 is 15.0 Å². The van der Waals surface area contributed by atoms with E-state index in [1.807, 2.05) is 6.07 Å². The number of para-hydroxylation sites is 2. The van der Waals surface area contributed by atoms with Crippen LogP contribution in [0.5, 0.6) is 0 Å². The van der Waals surface area contributed by atoms with Gasteiger partial charge in [0.1, 0.15) is 0 Å². The molecule has 1 aliphatic heterocycles. The average molecular weight is 377 g/mol. The third-order valence-electron chi connectivity index (χ3n) is 5.12. The molecule has 7 nitrogen and oxygen atoms in total. The van der Waals surface area contributed by atoms with Crippen LogP contribution < -0.4 is 5.56 Å². The highest BCUT2D eigenvalue weighted by atomic mass is 16.4. The van der Waals surface area contributed by atoms with Crippen molar-refractivity contribution in [2.24, 2.45) is 0 Å². The van der Waals surface area contributed by atoms with Crippen molar-refractivity contribution in [3.8, 4) is 0 Å². The van der Waals surface area contributed by atoms with Crippen molar-refractivity contribution < 1.29 is 14.7 Å². The van der Waals surface area contributed by atoms with Crippen LogP contribution in [0.15, 0.2) is 53.3 Å². The van der Waals surface area contributed by atoms with Gasteiger partial charge >= 0.3 is 5.97 Å². The highest BCUT2D eigenvalue weighted by Crippen LogP contribution is 2.28. The molecule has 0 aliphatic carbocycles. The molecule has 1 fully saturated rings. The number of aromatic carboxylic acids is 1. The van der Waals surface area contributed by atoms with Gasteiger partial charge in [0.25, 0.3) is 11.5 Å². The predicted molar refractivity (Wildman–Crippen MR) is 104 cm³/mol. The molecule has 0 saturated carbocycles. The molecule has 2 N–H and O–H groups in total. The van der Waals surface area contributed by atoms with Gasteiger partial charge in [-0.05, 0) is 42.7 Å². The summed E-state index contributed by atoms with van der Waals surface area (Å²) < 4.78 is 0. The van der Waals surface area contributed by atoms with Gasteiger partial charge in [-0.1, -0.05) is 24.3 Å². The van der Waals surface area contributed by atoms with E-state index in [1.165, 1.54) is 0 Å². The number of H-pyrrole nitrogens is 1. The van der Waals surface area contributed by atoms with Crippen molar-refractivity contribution in [3.63, 3.8) is 0 Å². The highest BCUT2D eigenvalue weighted by Gasteiger charge is 2.28. The van der Waals surface area contributed by atoms with Crippen LogP contribution in [0.1, 0.15) is 45.2 Å². The number of benzene rings is 2. The molecule has 0 radical (unpaired) electrons. The monoisotopic (exact) mass is 377 g/mol. The summed E-state index contributed by atoms with van der Waals surface area (Å²) >= 11 is 0. The molecule has 4 rings (SSSR count). The third kappa shape index (κ3) is 3.38. The Bertz CT molecular complexity index is 1120. The second-order valence-electron chi connectivity index (χ2n) is 6.95. The molecule has 2 heterocycles. The maximum absolute atomic E-state index is 13.0. The summed E-state index contributed by atoms with van der Waals surface area (Å²) in [6.07, 6.45) is 1.63. The molecule has 1 amide bonds. The van der Waals surface area contributed by atoms with Crippen molar-refractivity contribution in [1.82, 2.24) is 14.9 Å². The molecule has 0 unspecified atom stereocenters. The fourth-order valence-corrected chi connectivity index (χ4v) is 3.68. The van der Waals surface area contributed by atoms with Crippen LogP contribution in [0.25, 0.3) is 11.0 Å². The number of nitrogens with one attached hydrogen (secondary N) is 1. The zero-order valence-electron chi connectivity index (χ0n) is 15.1. The van der Waals surface area contributed by atoms with Gasteiger partial charge in [-0.2, -0.15) is 0 Å². The molecule has 1 saturated heterocycles. The Morgan fingerprint density at radius 1 is 1.14 bits per heavy atom. The van der Waals surface area contributed by atoms with E-state index in [4.69, 9.17) is 0 Å². The maximum Gasteiger partial charge on any atom is 0.335 e. The number of carbonyl (C=O) groups is 2. The van der Waals surface area contributed by atoms with Gasteiger partial charge in [0.2, 0.25) is 0 Å². The molecule has 1 atom stereocenters. The number of piperidine rings is 1. The van der Waals surface area contributed by atoms with Crippen LogP contribution in [0, 0.1) is 0 Å². The first-order chi connectivity index (χ1) is 13.5. The summed E-state index contributed by atoms with van der Waals surface area (Å²) in [5.41, 5.74) is 1.66. The van der Waals surface area contributed by atoms with Crippen LogP contribution in [0.4, 0.5) is 0 Å². The van der Waals surface area contributed by atoms with E-state index in [1.54, 1.807) is 47.4 Å². The van der Waals surface area contributed by atoms with E-state index in [2.05, 4.69) is 9.97 Å². The van der Waals surface area contributed by atoms with Crippen LogP contribution in [0.2, 0.25) is 0 Å². The van der Waals surface area contributed by atoms with Crippen LogP contribution in [-0.4, -0.2) is 44.9 Å². The van der Waals surface area contributed by atoms with Crippen molar-refractivity contribution in [3.05, 3.63) is 75.7 Å². The standard InChI is InChI=1S/C21H19N3O4/c25-19-18(22-16-8-1-2-9-17(16)23-19)20(26)24-10-4-7-15(12-24)13-5-3-6-14(11-13)21(27)28/h1-3,5-6,8-9,11,15H,4,7,10,12H2,(H,23,25)(H,27,28)/t15-/m1/s1. The predicted octanol–water partition coefficient (Wildman–Crippen LogP) is 2.64. The quantitative estimate of drug-likeness (QED) is 0.730. The minimum absolute atomic E-state index is 0.0246. The highest BCUT2D eigenvalue weighted by molar-refractivity contribution is 5.94. The minimum atomic E-state index is -0.975. The topological polar surface area (TPSA) is 103 Å². The molecular formula is C21H19N3O4. The van der Waals surface area contributed by atoms with Crippen molar-refractivity contribution in [1.29, 1.82) is 0 Å². The normalized spacial score (nSPS) is 16.9. The lowest BCUT2D eigenvalue weighted by atomic mass is 9.89. The van der Waals surface area contributed by atoms with Crippen LogP contribution in [0.3, 0.4) is 0 Å². The maximum atomic E-state index is 13.0. The van der Waals surface area contributed by atoms with E-state index >= 15 is 0 Å². The Morgan fingerprint density at radius 3 is 2.79 bits per heavy atom. The first-order valence-electron chi connectivity index (χ1n) is 9.14. The van der Waals surface area contributed by atoms with Gasteiger partial charge in [0.05, 0.1) is 16.6 Å². The number of fused-ring (bicyclic) bond motifs is 1. The summed E-state index contributed by atoms with van der Waals surface area (Å²) in [7, 11) is 0. The van der Waals surface area contributed by atoms with E-state index in [9.17, 15) is 19.5 Å². The molecule has 142 valence electrons. The fraction of sp³-hybridized carbons (Fsp3) is 0.238. The Labute approximate surface area is 160 Å². The van der Waals surface area contributed by atoms with E-state index in [0.717, 1.165) is 18.4 Å². The zero-order valence-corrected chi connectivity index (χ0v) is 15.1. The Balaban J connectivity index is 1.60.